The van der Waals surface area contributed by atoms with E-state index in [9.17, 15) is 9.59 Å². The van der Waals surface area contributed by atoms with Gasteiger partial charge in [-0.1, -0.05) is 12.1 Å². The number of anilines is 3. The average molecular weight is 374 g/mol. The number of rotatable bonds is 5. The third kappa shape index (κ3) is 3.84. The van der Waals surface area contributed by atoms with Crippen LogP contribution in [0.3, 0.4) is 0 Å². The minimum atomic E-state index is -0.351. The maximum atomic E-state index is 12.5. The van der Waals surface area contributed by atoms with Crippen LogP contribution in [0.25, 0.3) is 0 Å². The standard InChI is InChI=1S/C22H22N4O2/c23-14-15-5-1-2-6-20(15)25-22(28)19-13-18(19)21(27)24-16-7-9-17(10-8-16)26-11-3-4-12-26/h1-2,5-10,18-19H,3-4,11-13H2,(H,24,27)(H,25,28). The molecule has 2 fully saturated rings. The lowest BCUT2D eigenvalue weighted by molar-refractivity contribution is -0.122. The SMILES string of the molecule is N#Cc1ccccc1NC(=O)C1CC1C(=O)Nc1ccc(N2CCCC2)cc1. The Balaban J connectivity index is 1.31. The predicted molar refractivity (Wildman–Crippen MR) is 108 cm³/mol. The zero-order chi connectivity index (χ0) is 19.5. The molecule has 1 heterocycles. The maximum absolute atomic E-state index is 12.5. The van der Waals surface area contributed by atoms with E-state index in [1.807, 2.05) is 24.3 Å². The highest BCUT2D eigenvalue weighted by molar-refractivity contribution is 6.03. The van der Waals surface area contributed by atoms with Crippen LogP contribution in [0.5, 0.6) is 0 Å². The first-order chi connectivity index (χ1) is 13.7. The Bertz CT molecular complexity index is 926. The number of benzene rings is 2. The number of nitrogens with zero attached hydrogens (tertiary/aromatic N) is 2. The van der Waals surface area contributed by atoms with Crippen molar-refractivity contribution in [2.45, 2.75) is 19.3 Å². The number of para-hydroxylation sites is 1. The first kappa shape index (κ1) is 18.1. The highest BCUT2D eigenvalue weighted by Crippen LogP contribution is 2.40. The maximum Gasteiger partial charge on any atom is 0.228 e. The highest BCUT2D eigenvalue weighted by Gasteiger charge is 2.48. The summed E-state index contributed by atoms with van der Waals surface area (Å²) in [5.41, 5.74) is 2.82. The number of hydrogen-bond donors (Lipinski definition) is 2. The molecule has 0 aromatic heterocycles. The topological polar surface area (TPSA) is 85.2 Å². The molecule has 0 radical (unpaired) electrons. The lowest BCUT2D eigenvalue weighted by Crippen LogP contribution is -2.21. The number of nitriles is 1. The highest BCUT2D eigenvalue weighted by atomic mass is 16.2. The molecule has 28 heavy (non-hydrogen) atoms. The van der Waals surface area contributed by atoms with Crippen LogP contribution in [0, 0.1) is 23.2 Å². The van der Waals surface area contributed by atoms with E-state index in [4.69, 9.17) is 5.26 Å². The number of nitrogens with one attached hydrogen (secondary N) is 2. The fraction of sp³-hybridized carbons (Fsp3) is 0.318. The van der Waals surface area contributed by atoms with E-state index in [1.165, 1.54) is 18.5 Å². The van der Waals surface area contributed by atoms with Gasteiger partial charge in [-0.3, -0.25) is 9.59 Å². The van der Waals surface area contributed by atoms with E-state index in [-0.39, 0.29) is 23.7 Å². The fourth-order valence-electron chi connectivity index (χ4n) is 3.66. The molecule has 6 nitrogen and oxygen atoms in total. The van der Waals surface area contributed by atoms with Gasteiger partial charge in [-0.05, 0) is 55.7 Å². The van der Waals surface area contributed by atoms with E-state index >= 15 is 0 Å². The molecule has 2 N–H and O–H groups in total. The molecular weight excluding hydrogens is 352 g/mol. The number of amides is 2. The second-order valence-corrected chi connectivity index (χ2v) is 7.33. The zero-order valence-electron chi connectivity index (χ0n) is 15.5. The Labute approximate surface area is 164 Å². The molecule has 1 saturated heterocycles. The molecule has 0 bridgehead atoms. The lowest BCUT2D eigenvalue weighted by Gasteiger charge is -2.17. The molecule has 2 amide bonds. The summed E-state index contributed by atoms with van der Waals surface area (Å²) < 4.78 is 0. The van der Waals surface area contributed by atoms with Gasteiger partial charge in [-0.25, -0.2) is 0 Å². The van der Waals surface area contributed by atoms with Crippen LogP contribution in [0.2, 0.25) is 0 Å². The molecule has 2 atom stereocenters. The van der Waals surface area contributed by atoms with Crippen LogP contribution in [0.4, 0.5) is 17.1 Å². The fourth-order valence-corrected chi connectivity index (χ4v) is 3.66. The van der Waals surface area contributed by atoms with Crippen molar-refractivity contribution in [3.8, 4) is 6.07 Å². The molecule has 2 unspecified atom stereocenters. The van der Waals surface area contributed by atoms with Gasteiger partial charge in [0.15, 0.2) is 0 Å². The lowest BCUT2D eigenvalue weighted by atomic mass is 10.2. The van der Waals surface area contributed by atoms with Crippen molar-refractivity contribution < 1.29 is 9.59 Å². The number of carbonyl (C=O) groups is 2. The monoisotopic (exact) mass is 374 g/mol. The number of hydrogen-bond acceptors (Lipinski definition) is 4. The molecule has 4 rings (SSSR count). The van der Waals surface area contributed by atoms with Gasteiger partial charge in [-0.2, -0.15) is 5.26 Å². The average Bonchev–Trinajstić information content (AvgIpc) is 3.35. The molecule has 2 aromatic rings. The van der Waals surface area contributed by atoms with Crippen LogP contribution in [0.1, 0.15) is 24.8 Å². The largest absolute Gasteiger partial charge is 0.372 e. The van der Waals surface area contributed by atoms with Crippen LogP contribution in [-0.4, -0.2) is 24.9 Å². The van der Waals surface area contributed by atoms with Crippen LogP contribution in [0.15, 0.2) is 48.5 Å². The molecule has 1 saturated carbocycles. The third-order valence-electron chi connectivity index (χ3n) is 5.38. The van der Waals surface area contributed by atoms with Gasteiger partial charge in [0.2, 0.25) is 11.8 Å². The number of carbonyl (C=O) groups excluding carboxylic acids is 2. The van der Waals surface area contributed by atoms with Crippen molar-refractivity contribution in [3.63, 3.8) is 0 Å². The van der Waals surface area contributed by atoms with E-state index in [0.29, 0.717) is 17.7 Å². The summed E-state index contributed by atoms with van der Waals surface area (Å²) in [5, 5.41) is 14.8. The van der Waals surface area contributed by atoms with Gasteiger partial charge in [-0.15, -0.1) is 0 Å². The molecular formula is C22H22N4O2. The smallest absolute Gasteiger partial charge is 0.228 e. The van der Waals surface area contributed by atoms with E-state index in [1.54, 1.807) is 24.3 Å². The van der Waals surface area contributed by atoms with Crippen molar-refractivity contribution >= 4 is 28.9 Å². The van der Waals surface area contributed by atoms with Gasteiger partial charge in [0, 0.05) is 24.5 Å². The summed E-state index contributed by atoms with van der Waals surface area (Å²) in [5.74, 6) is -1.03. The Morgan fingerprint density at radius 3 is 2.25 bits per heavy atom. The van der Waals surface area contributed by atoms with Gasteiger partial charge >= 0.3 is 0 Å². The summed E-state index contributed by atoms with van der Waals surface area (Å²) in [7, 11) is 0. The summed E-state index contributed by atoms with van der Waals surface area (Å²) in [6, 6.07) is 16.8. The predicted octanol–water partition coefficient (Wildman–Crippen LogP) is 3.37. The molecule has 0 spiro atoms. The second kappa shape index (κ2) is 7.73. The Kier molecular flexibility index (Phi) is 4.98. The Morgan fingerprint density at radius 1 is 0.929 bits per heavy atom. The van der Waals surface area contributed by atoms with Gasteiger partial charge < -0.3 is 15.5 Å². The van der Waals surface area contributed by atoms with Crippen molar-refractivity contribution in [2.75, 3.05) is 28.6 Å². The van der Waals surface area contributed by atoms with E-state index < -0.39 is 0 Å². The summed E-state index contributed by atoms with van der Waals surface area (Å²) in [4.78, 5) is 27.2. The van der Waals surface area contributed by atoms with E-state index in [0.717, 1.165) is 18.8 Å². The molecule has 1 aliphatic carbocycles. The van der Waals surface area contributed by atoms with Crippen molar-refractivity contribution in [1.29, 1.82) is 5.26 Å². The van der Waals surface area contributed by atoms with Crippen LogP contribution < -0.4 is 15.5 Å². The minimum absolute atomic E-state index is 0.136. The first-order valence-electron chi connectivity index (χ1n) is 9.61. The van der Waals surface area contributed by atoms with Crippen LogP contribution in [-0.2, 0) is 9.59 Å². The quantitative estimate of drug-likeness (QED) is 0.840. The first-order valence-corrected chi connectivity index (χ1v) is 9.61. The van der Waals surface area contributed by atoms with Gasteiger partial charge in [0.05, 0.1) is 23.1 Å². The minimum Gasteiger partial charge on any atom is -0.372 e. The summed E-state index contributed by atoms with van der Waals surface area (Å²) in [6.45, 7) is 2.17. The van der Waals surface area contributed by atoms with Crippen molar-refractivity contribution in [1.82, 2.24) is 0 Å². The zero-order valence-corrected chi connectivity index (χ0v) is 15.5. The normalized spacial score (nSPS) is 20.3. The second-order valence-electron chi connectivity index (χ2n) is 7.33. The van der Waals surface area contributed by atoms with Gasteiger partial charge in [0.1, 0.15) is 6.07 Å². The molecule has 1 aliphatic heterocycles. The Morgan fingerprint density at radius 2 is 1.57 bits per heavy atom. The van der Waals surface area contributed by atoms with Crippen molar-refractivity contribution in [2.24, 2.45) is 11.8 Å². The molecule has 2 aromatic carbocycles. The van der Waals surface area contributed by atoms with Crippen molar-refractivity contribution in [3.05, 3.63) is 54.1 Å². The molecule has 6 heteroatoms. The Hall–Kier alpha value is -3.33. The summed E-state index contributed by atoms with van der Waals surface area (Å²) in [6.07, 6.45) is 2.98. The molecule has 142 valence electrons. The van der Waals surface area contributed by atoms with Gasteiger partial charge in [0.25, 0.3) is 0 Å². The molecule has 2 aliphatic rings. The summed E-state index contributed by atoms with van der Waals surface area (Å²) >= 11 is 0. The third-order valence-corrected chi connectivity index (χ3v) is 5.38. The van der Waals surface area contributed by atoms with Crippen LogP contribution >= 0.6 is 0 Å². The van der Waals surface area contributed by atoms with E-state index in [2.05, 4.69) is 21.6 Å².